The van der Waals surface area contributed by atoms with Gasteiger partial charge in [-0.2, -0.15) is 0 Å². The van der Waals surface area contributed by atoms with Crippen molar-refractivity contribution in [3.05, 3.63) is 12.7 Å². The predicted octanol–water partition coefficient (Wildman–Crippen LogP) is 0.226. The van der Waals surface area contributed by atoms with Crippen LogP contribution in [0.4, 0.5) is 0 Å². The topological polar surface area (TPSA) is 46.3 Å². The predicted molar refractivity (Wildman–Crippen MR) is 43.6 cm³/mol. The standard InChI is InChI=1S/C5H11N.C2H5NO/c1-4-5-6(2)3;1-2(3)4/h4H,1,5H2,2-3H3;1H3,(H2,3,4). The molecule has 1 amide bonds. The summed E-state index contributed by atoms with van der Waals surface area (Å²) in [5.41, 5.74) is 4.47. The molecular weight excluding hydrogens is 128 g/mol. The van der Waals surface area contributed by atoms with Gasteiger partial charge in [-0.3, -0.25) is 4.79 Å². The monoisotopic (exact) mass is 144 g/mol. The van der Waals surface area contributed by atoms with Crippen LogP contribution < -0.4 is 5.73 Å². The summed E-state index contributed by atoms with van der Waals surface area (Å²) in [6.45, 7) is 5.84. The second-order valence-electron chi connectivity index (χ2n) is 2.16. The van der Waals surface area contributed by atoms with Crippen LogP contribution in [0.25, 0.3) is 0 Å². The van der Waals surface area contributed by atoms with E-state index in [0.29, 0.717) is 0 Å². The zero-order valence-electron chi connectivity index (χ0n) is 6.92. The third kappa shape index (κ3) is 58.0. The van der Waals surface area contributed by atoms with E-state index in [2.05, 4.69) is 17.2 Å². The van der Waals surface area contributed by atoms with Gasteiger partial charge in [0.1, 0.15) is 0 Å². The lowest BCUT2D eigenvalue weighted by Gasteiger charge is -2.01. The van der Waals surface area contributed by atoms with Gasteiger partial charge >= 0.3 is 0 Å². The Balaban J connectivity index is 0. The van der Waals surface area contributed by atoms with Crippen LogP contribution in [-0.2, 0) is 4.79 Å². The molecule has 0 aliphatic heterocycles. The number of rotatable bonds is 2. The molecule has 0 aromatic carbocycles. The van der Waals surface area contributed by atoms with E-state index >= 15 is 0 Å². The minimum atomic E-state index is -0.333. The fraction of sp³-hybridized carbons (Fsp3) is 0.571. The number of carbonyl (C=O) groups excluding carboxylic acids is 1. The average Bonchev–Trinajstić information content (AvgIpc) is 1.62. The van der Waals surface area contributed by atoms with Crippen molar-refractivity contribution < 1.29 is 4.79 Å². The highest BCUT2D eigenvalue weighted by atomic mass is 16.1. The fourth-order valence-corrected chi connectivity index (χ4v) is 0.258. The molecule has 60 valence electrons. The van der Waals surface area contributed by atoms with Gasteiger partial charge in [0.05, 0.1) is 0 Å². The second-order valence-corrected chi connectivity index (χ2v) is 2.16. The van der Waals surface area contributed by atoms with Crippen LogP contribution in [0.5, 0.6) is 0 Å². The first kappa shape index (κ1) is 11.9. The van der Waals surface area contributed by atoms with Crippen LogP contribution in [0.1, 0.15) is 6.92 Å². The van der Waals surface area contributed by atoms with E-state index in [4.69, 9.17) is 0 Å². The molecule has 0 rings (SSSR count). The van der Waals surface area contributed by atoms with Crippen molar-refractivity contribution in [3.8, 4) is 0 Å². The number of amides is 1. The Morgan fingerprint density at radius 2 is 2.00 bits per heavy atom. The minimum Gasteiger partial charge on any atom is -0.370 e. The van der Waals surface area contributed by atoms with Crippen LogP contribution >= 0.6 is 0 Å². The molecule has 3 nitrogen and oxygen atoms in total. The van der Waals surface area contributed by atoms with Crippen molar-refractivity contribution in [2.24, 2.45) is 5.73 Å². The molecule has 0 unspecified atom stereocenters. The maximum atomic E-state index is 9.22. The van der Waals surface area contributed by atoms with Crippen LogP contribution in [0.15, 0.2) is 12.7 Å². The highest BCUT2D eigenvalue weighted by Crippen LogP contribution is 1.69. The third-order valence-electron chi connectivity index (χ3n) is 0.494. The van der Waals surface area contributed by atoms with Crippen molar-refractivity contribution in [1.82, 2.24) is 4.90 Å². The van der Waals surface area contributed by atoms with E-state index in [9.17, 15) is 4.79 Å². The molecule has 0 aromatic heterocycles. The van der Waals surface area contributed by atoms with Gasteiger partial charge in [-0.25, -0.2) is 0 Å². The van der Waals surface area contributed by atoms with Crippen molar-refractivity contribution in [2.75, 3.05) is 20.6 Å². The van der Waals surface area contributed by atoms with Crippen molar-refractivity contribution >= 4 is 5.91 Å². The van der Waals surface area contributed by atoms with Crippen LogP contribution in [0.2, 0.25) is 0 Å². The summed E-state index contributed by atoms with van der Waals surface area (Å²) in [6, 6.07) is 0. The largest absolute Gasteiger partial charge is 0.370 e. The molecular formula is C7H16N2O. The summed E-state index contributed by atoms with van der Waals surface area (Å²) < 4.78 is 0. The molecule has 0 radical (unpaired) electrons. The summed E-state index contributed by atoms with van der Waals surface area (Å²) in [7, 11) is 4.03. The van der Waals surface area contributed by atoms with E-state index < -0.39 is 0 Å². The van der Waals surface area contributed by atoms with E-state index in [1.54, 1.807) is 0 Å². The molecule has 0 heterocycles. The molecule has 0 spiro atoms. The van der Waals surface area contributed by atoms with Gasteiger partial charge in [0.25, 0.3) is 0 Å². The zero-order valence-corrected chi connectivity index (χ0v) is 6.92. The number of likely N-dealkylation sites (N-methyl/N-ethyl adjacent to an activating group) is 1. The van der Waals surface area contributed by atoms with Gasteiger partial charge in [0, 0.05) is 13.5 Å². The van der Waals surface area contributed by atoms with E-state index in [1.807, 2.05) is 20.2 Å². The summed E-state index contributed by atoms with van der Waals surface area (Å²) in [6.07, 6.45) is 1.88. The number of hydrogen-bond donors (Lipinski definition) is 1. The Kier molecular flexibility index (Phi) is 9.73. The first-order valence-corrected chi connectivity index (χ1v) is 3.02. The molecule has 0 aromatic rings. The van der Waals surface area contributed by atoms with Crippen LogP contribution in [0.3, 0.4) is 0 Å². The van der Waals surface area contributed by atoms with Crippen molar-refractivity contribution in [3.63, 3.8) is 0 Å². The number of nitrogens with zero attached hydrogens (tertiary/aromatic N) is 1. The van der Waals surface area contributed by atoms with Crippen molar-refractivity contribution in [2.45, 2.75) is 6.92 Å². The molecule has 0 fully saturated rings. The normalized spacial score (nSPS) is 8.00. The average molecular weight is 144 g/mol. The molecule has 0 atom stereocenters. The van der Waals surface area contributed by atoms with Crippen LogP contribution in [-0.4, -0.2) is 31.4 Å². The second kappa shape index (κ2) is 8.17. The zero-order chi connectivity index (χ0) is 8.57. The lowest BCUT2D eigenvalue weighted by atomic mass is 10.6. The van der Waals surface area contributed by atoms with Gasteiger partial charge in [-0.1, -0.05) is 6.08 Å². The Hall–Kier alpha value is -0.830. The lowest BCUT2D eigenvalue weighted by molar-refractivity contribution is -0.115. The lowest BCUT2D eigenvalue weighted by Crippen LogP contribution is -2.09. The van der Waals surface area contributed by atoms with Gasteiger partial charge < -0.3 is 10.6 Å². The smallest absolute Gasteiger partial charge is 0.214 e. The number of nitrogens with two attached hydrogens (primary N) is 1. The van der Waals surface area contributed by atoms with Crippen molar-refractivity contribution in [1.29, 1.82) is 0 Å². The Labute approximate surface area is 62.5 Å². The maximum Gasteiger partial charge on any atom is 0.214 e. The van der Waals surface area contributed by atoms with Gasteiger partial charge in [0.15, 0.2) is 0 Å². The highest BCUT2D eigenvalue weighted by molar-refractivity contribution is 5.70. The molecule has 3 heteroatoms. The number of primary amides is 1. The third-order valence-corrected chi connectivity index (χ3v) is 0.494. The summed E-state index contributed by atoms with van der Waals surface area (Å²) in [5, 5.41) is 0. The SMILES string of the molecule is C=CCN(C)C.CC(N)=O. The quantitative estimate of drug-likeness (QED) is 0.564. The first-order valence-electron chi connectivity index (χ1n) is 3.02. The molecule has 0 aliphatic carbocycles. The first-order chi connectivity index (χ1) is 4.50. The van der Waals surface area contributed by atoms with E-state index in [1.165, 1.54) is 6.92 Å². The Bertz CT molecular complexity index is 95.8. The number of hydrogen-bond acceptors (Lipinski definition) is 2. The minimum absolute atomic E-state index is 0.333. The van der Waals surface area contributed by atoms with Gasteiger partial charge in [-0.15, -0.1) is 6.58 Å². The summed E-state index contributed by atoms with van der Waals surface area (Å²) in [4.78, 5) is 11.3. The Morgan fingerprint density at radius 3 is 2.00 bits per heavy atom. The molecule has 2 N–H and O–H groups in total. The molecule has 0 saturated heterocycles. The summed E-state index contributed by atoms with van der Waals surface area (Å²) in [5.74, 6) is -0.333. The molecule has 10 heavy (non-hydrogen) atoms. The van der Waals surface area contributed by atoms with Crippen LogP contribution in [0, 0.1) is 0 Å². The maximum absolute atomic E-state index is 9.22. The molecule has 0 bridgehead atoms. The van der Waals surface area contributed by atoms with Gasteiger partial charge in [-0.05, 0) is 14.1 Å². The molecule has 0 saturated carbocycles. The fourth-order valence-electron chi connectivity index (χ4n) is 0.258. The highest BCUT2D eigenvalue weighted by Gasteiger charge is 1.75. The number of carbonyl (C=O) groups is 1. The molecule has 0 aliphatic rings. The van der Waals surface area contributed by atoms with E-state index in [-0.39, 0.29) is 5.91 Å². The van der Waals surface area contributed by atoms with E-state index in [0.717, 1.165) is 6.54 Å². The van der Waals surface area contributed by atoms with Gasteiger partial charge in [0.2, 0.25) is 5.91 Å². The summed E-state index contributed by atoms with van der Waals surface area (Å²) >= 11 is 0. The Morgan fingerprint density at radius 1 is 1.70 bits per heavy atom.